The van der Waals surface area contributed by atoms with Gasteiger partial charge in [-0.15, -0.1) is 6.42 Å². The summed E-state index contributed by atoms with van der Waals surface area (Å²) < 4.78 is 0. The molecule has 0 saturated heterocycles. The van der Waals surface area contributed by atoms with E-state index in [0.717, 1.165) is 42.6 Å². The minimum absolute atomic E-state index is 0.170. The Morgan fingerprint density at radius 2 is 2.32 bits per heavy atom. The molecule has 1 aliphatic carbocycles. The second-order valence-electron chi connectivity index (χ2n) is 5.29. The number of hydrogen-bond acceptors (Lipinski definition) is 2. The van der Waals surface area contributed by atoms with Gasteiger partial charge in [-0.2, -0.15) is 0 Å². The number of benzene rings is 1. The number of hydrogen-bond donors (Lipinski definition) is 2. The van der Waals surface area contributed by atoms with Crippen LogP contribution in [0.4, 0.5) is 5.69 Å². The van der Waals surface area contributed by atoms with Crippen molar-refractivity contribution < 1.29 is 9.90 Å². The van der Waals surface area contributed by atoms with Crippen LogP contribution in [0.3, 0.4) is 0 Å². The number of carboxylic acids is 1. The van der Waals surface area contributed by atoms with Crippen molar-refractivity contribution in [2.24, 2.45) is 11.8 Å². The van der Waals surface area contributed by atoms with Gasteiger partial charge in [-0.3, -0.25) is 4.79 Å². The molecular formula is C16H19NO2. The molecule has 3 nitrogen and oxygen atoms in total. The van der Waals surface area contributed by atoms with E-state index in [1.165, 1.54) is 0 Å². The maximum absolute atomic E-state index is 10.9. The average molecular weight is 257 g/mol. The van der Waals surface area contributed by atoms with E-state index in [2.05, 4.69) is 11.2 Å². The minimum atomic E-state index is -0.665. The number of anilines is 1. The van der Waals surface area contributed by atoms with E-state index in [1.54, 1.807) is 0 Å². The molecule has 100 valence electrons. The lowest BCUT2D eigenvalue weighted by atomic mass is 10.0. The van der Waals surface area contributed by atoms with Crippen molar-refractivity contribution in [1.29, 1.82) is 0 Å². The van der Waals surface area contributed by atoms with Crippen molar-refractivity contribution in [3.8, 4) is 12.3 Å². The first-order chi connectivity index (χ1) is 9.10. The fraction of sp³-hybridized carbons (Fsp3) is 0.438. The molecule has 0 aliphatic heterocycles. The van der Waals surface area contributed by atoms with Gasteiger partial charge >= 0.3 is 5.97 Å². The zero-order chi connectivity index (χ0) is 13.8. The Labute approximate surface area is 114 Å². The van der Waals surface area contributed by atoms with Gasteiger partial charge in [0.1, 0.15) is 0 Å². The Hall–Kier alpha value is -1.95. The van der Waals surface area contributed by atoms with Crippen LogP contribution in [0.5, 0.6) is 0 Å². The molecule has 2 N–H and O–H groups in total. The highest BCUT2D eigenvalue weighted by molar-refractivity contribution is 5.70. The molecule has 0 radical (unpaired) electrons. The number of terminal acetylenes is 1. The predicted octanol–water partition coefficient (Wildman–Crippen LogP) is 2.89. The molecule has 0 aromatic heterocycles. The van der Waals surface area contributed by atoms with Gasteiger partial charge in [0.05, 0.1) is 5.92 Å². The summed E-state index contributed by atoms with van der Waals surface area (Å²) in [5.41, 5.74) is 2.98. The normalized spacial score (nSPS) is 21.9. The zero-order valence-corrected chi connectivity index (χ0v) is 11.1. The van der Waals surface area contributed by atoms with Gasteiger partial charge in [0.15, 0.2) is 0 Å². The molecule has 0 heterocycles. The molecule has 2 atom stereocenters. The lowest BCUT2D eigenvalue weighted by molar-refractivity contribution is -0.141. The molecule has 1 saturated carbocycles. The molecular weight excluding hydrogens is 238 g/mol. The number of aliphatic carboxylic acids is 1. The van der Waals surface area contributed by atoms with Crippen LogP contribution in [0.1, 0.15) is 30.4 Å². The van der Waals surface area contributed by atoms with Crippen LogP contribution < -0.4 is 5.32 Å². The first-order valence-corrected chi connectivity index (χ1v) is 6.64. The Kier molecular flexibility index (Phi) is 4.11. The fourth-order valence-electron chi connectivity index (χ4n) is 2.67. The molecule has 2 unspecified atom stereocenters. The topological polar surface area (TPSA) is 49.3 Å². The zero-order valence-electron chi connectivity index (χ0n) is 11.1. The molecule has 19 heavy (non-hydrogen) atoms. The Bertz CT molecular complexity index is 516. The molecule has 1 aromatic rings. The van der Waals surface area contributed by atoms with Crippen LogP contribution in [-0.4, -0.2) is 17.6 Å². The van der Waals surface area contributed by atoms with Crippen molar-refractivity contribution in [2.45, 2.75) is 26.2 Å². The van der Waals surface area contributed by atoms with E-state index in [9.17, 15) is 4.79 Å². The highest BCUT2D eigenvalue weighted by atomic mass is 16.4. The van der Waals surface area contributed by atoms with Crippen molar-refractivity contribution in [3.05, 3.63) is 29.3 Å². The van der Waals surface area contributed by atoms with Crippen LogP contribution >= 0.6 is 0 Å². The third-order valence-electron chi connectivity index (χ3n) is 3.80. The van der Waals surface area contributed by atoms with Crippen LogP contribution in [-0.2, 0) is 4.79 Å². The van der Waals surface area contributed by atoms with Gasteiger partial charge in [-0.05, 0) is 49.8 Å². The number of rotatable bonds is 4. The molecule has 0 spiro atoms. The summed E-state index contributed by atoms with van der Waals surface area (Å²) >= 11 is 0. The minimum Gasteiger partial charge on any atom is -0.481 e. The molecule has 3 heteroatoms. The summed E-state index contributed by atoms with van der Waals surface area (Å²) in [6.45, 7) is 2.81. The SMILES string of the molecule is C#Cc1cc(C)ccc1NCC1CCC(C(=O)O)C1. The Morgan fingerprint density at radius 3 is 2.95 bits per heavy atom. The van der Waals surface area contributed by atoms with Gasteiger partial charge in [0.2, 0.25) is 0 Å². The van der Waals surface area contributed by atoms with Gasteiger partial charge in [-0.25, -0.2) is 0 Å². The summed E-state index contributed by atoms with van der Waals surface area (Å²) in [5, 5.41) is 12.3. The van der Waals surface area contributed by atoms with E-state index in [-0.39, 0.29) is 5.92 Å². The summed E-state index contributed by atoms with van der Waals surface area (Å²) in [6.07, 6.45) is 8.02. The summed E-state index contributed by atoms with van der Waals surface area (Å²) in [4.78, 5) is 10.9. The van der Waals surface area contributed by atoms with Crippen LogP contribution in [0.15, 0.2) is 18.2 Å². The van der Waals surface area contributed by atoms with Crippen LogP contribution in [0.2, 0.25) is 0 Å². The van der Waals surface area contributed by atoms with Gasteiger partial charge < -0.3 is 10.4 Å². The highest BCUT2D eigenvalue weighted by Gasteiger charge is 2.29. The third-order valence-corrected chi connectivity index (χ3v) is 3.80. The van der Waals surface area contributed by atoms with E-state index in [0.29, 0.717) is 5.92 Å². The Balaban J connectivity index is 1.93. The lowest BCUT2D eigenvalue weighted by Gasteiger charge is -2.14. The van der Waals surface area contributed by atoms with E-state index in [1.807, 2.05) is 25.1 Å². The maximum Gasteiger partial charge on any atom is 0.306 e. The molecule has 1 aliphatic rings. The van der Waals surface area contributed by atoms with Gasteiger partial charge in [0, 0.05) is 17.8 Å². The van der Waals surface area contributed by atoms with Crippen LogP contribution in [0.25, 0.3) is 0 Å². The second-order valence-corrected chi connectivity index (χ2v) is 5.29. The van der Waals surface area contributed by atoms with Crippen molar-refractivity contribution in [3.63, 3.8) is 0 Å². The molecule has 2 rings (SSSR count). The quantitative estimate of drug-likeness (QED) is 0.815. The van der Waals surface area contributed by atoms with E-state index >= 15 is 0 Å². The molecule has 0 amide bonds. The summed E-state index contributed by atoms with van der Waals surface area (Å²) in [5.74, 6) is 2.27. The van der Waals surface area contributed by atoms with Crippen LogP contribution in [0, 0.1) is 31.1 Å². The molecule has 1 aromatic carbocycles. The first kappa shape index (κ1) is 13.5. The number of carbonyl (C=O) groups is 1. The van der Waals surface area contributed by atoms with E-state index in [4.69, 9.17) is 11.5 Å². The third kappa shape index (κ3) is 3.29. The summed E-state index contributed by atoms with van der Waals surface area (Å²) in [6, 6.07) is 6.00. The Morgan fingerprint density at radius 1 is 1.53 bits per heavy atom. The van der Waals surface area contributed by atoms with Crippen molar-refractivity contribution >= 4 is 11.7 Å². The first-order valence-electron chi connectivity index (χ1n) is 6.64. The second kappa shape index (κ2) is 5.79. The van der Waals surface area contributed by atoms with Crippen molar-refractivity contribution in [2.75, 3.05) is 11.9 Å². The number of carboxylic acid groups (broad SMARTS) is 1. The predicted molar refractivity (Wildman–Crippen MR) is 76.1 cm³/mol. The smallest absolute Gasteiger partial charge is 0.306 e. The standard InChI is InChI=1S/C16H19NO2/c1-3-13-8-11(2)4-7-15(13)17-10-12-5-6-14(9-12)16(18)19/h1,4,7-8,12,14,17H,5-6,9-10H2,2H3,(H,18,19). The highest BCUT2D eigenvalue weighted by Crippen LogP contribution is 2.31. The monoisotopic (exact) mass is 257 g/mol. The number of nitrogens with one attached hydrogen (secondary N) is 1. The fourth-order valence-corrected chi connectivity index (χ4v) is 2.67. The lowest BCUT2D eigenvalue weighted by Crippen LogP contribution is -2.14. The molecule has 1 fully saturated rings. The summed E-state index contributed by atoms with van der Waals surface area (Å²) in [7, 11) is 0. The molecule has 0 bridgehead atoms. The van der Waals surface area contributed by atoms with Gasteiger partial charge in [-0.1, -0.05) is 12.0 Å². The van der Waals surface area contributed by atoms with E-state index < -0.39 is 5.97 Å². The van der Waals surface area contributed by atoms with Gasteiger partial charge in [0.25, 0.3) is 0 Å². The maximum atomic E-state index is 10.9. The largest absolute Gasteiger partial charge is 0.481 e. The van der Waals surface area contributed by atoms with Crippen molar-refractivity contribution in [1.82, 2.24) is 0 Å². The number of aryl methyl sites for hydroxylation is 1. The average Bonchev–Trinajstić information content (AvgIpc) is 2.86.